The molecule has 1 aliphatic heterocycles. The van der Waals surface area contributed by atoms with Crippen LogP contribution in [0, 0.1) is 0 Å². The van der Waals surface area contributed by atoms with Gasteiger partial charge in [-0.05, 0) is 24.0 Å². The number of benzene rings is 2. The number of aryl methyl sites for hydroxylation is 2. The molecule has 0 bridgehead atoms. The van der Waals surface area contributed by atoms with E-state index < -0.39 is 0 Å². The maximum Gasteiger partial charge on any atom is 0.224 e. The number of carbonyl (C=O) groups excluding carboxylic acids is 1. The van der Waals surface area contributed by atoms with Crippen LogP contribution in [0.5, 0.6) is 11.5 Å². The topological polar surface area (TPSA) is 47.6 Å². The summed E-state index contributed by atoms with van der Waals surface area (Å²) in [6.45, 7) is 3.13. The minimum Gasteiger partial charge on any atom is -0.486 e. The molecule has 0 saturated carbocycles. The molecule has 0 saturated heterocycles. The van der Waals surface area contributed by atoms with Crippen LogP contribution in [0.25, 0.3) is 0 Å². The molecule has 1 heterocycles. The Labute approximate surface area is 146 Å². The zero-order valence-corrected chi connectivity index (χ0v) is 14.4. The number of fused-ring (bicyclic) bond motifs is 1. The quantitative estimate of drug-likeness (QED) is 0.881. The number of carbonyl (C=O) groups is 1. The van der Waals surface area contributed by atoms with Gasteiger partial charge in [0.1, 0.15) is 13.2 Å². The van der Waals surface area contributed by atoms with Crippen LogP contribution in [-0.2, 0) is 17.6 Å². The van der Waals surface area contributed by atoms with Crippen LogP contribution in [0.3, 0.4) is 0 Å². The number of halogens is 1. The number of hydrogen-bond donors (Lipinski definition) is 1. The molecular formula is C19H20ClNO3. The van der Waals surface area contributed by atoms with Gasteiger partial charge in [0.15, 0.2) is 11.5 Å². The number of hydrogen-bond acceptors (Lipinski definition) is 3. The molecule has 5 heteroatoms. The van der Waals surface area contributed by atoms with E-state index in [1.165, 1.54) is 5.56 Å². The summed E-state index contributed by atoms with van der Waals surface area (Å²) in [6, 6.07) is 11.7. The summed E-state index contributed by atoms with van der Waals surface area (Å²) >= 11 is 6.21. The third-order valence-electron chi connectivity index (χ3n) is 3.98. The third-order valence-corrected chi connectivity index (χ3v) is 4.29. The van der Waals surface area contributed by atoms with Crippen molar-refractivity contribution in [3.05, 3.63) is 52.5 Å². The molecule has 0 unspecified atom stereocenters. The maximum absolute atomic E-state index is 12.2. The van der Waals surface area contributed by atoms with E-state index in [-0.39, 0.29) is 5.91 Å². The Morgan fingerprint density at radius 3 is 2.38 bits per heavy atom. The molecule has 0 radical (unpaired) electrons. The van der Waals surface area contributed by atoms with Gasteiger partial charge < -0.3 is 14.8 Å². The standard InChI is InChI=1S/C19H20ClNO3/c1-2-13-3-5-14(6-4-13)7-8-19(22)21-16-12-18-17(11-15(16)20)23-9-10-24-18/h3-6,11-12H,2,7-10H2,1H3,(H,21,22). The van der Waals surface area contributed by atoms with Gasteiger partial charge >= 0.3 is 0 Å². The summed E-state index contributed by atoms with van der Waals surface area (Å²) in [4.78, 5) is 12.2. The van der Waals surface area contributed by atoms with E-state index in [2.05, 4.69) is 36.5 Å². The summed E-state index contributed by atoms with van der Waals surface area (Å²) in [5.41, 5.74) is 2.99. The first-order valence-corrected chi connectivity index (χ1v) is 8.50. The number of anilines is 1. The van der Waals surface area contributed by atoms with Gasteiger partial charge in [0, 0.05) is 18.6 Å². The minimum absolute atomic E-state index is 0.0758. The SMILES string of the molecule is CCc1ccc(CCC(=O)Nc2cc3c(cc2Cl)OCCO3)cc1. The lowest BCUT2D eigenvalue weighted by molar-refractivity contribution is -0.116. The van der Waals surface area contributed by atoms with Gasteiger partial charge in [-0.3, -0.25) is 4.79 Å². The Morgan fingerprint density at radius 1 is 1.08 bits per heavy atom. The van der Waals surface area contributed by atoms with Crippen molar-refractivity contribution in [2.45, 2.75) is 26.2 Å². The normalized spacial score (nSPS) is 12.8. The van der Waals surface area contributed by atoms with Gasteiger partial charge in [0.05, 0.1) is 10.7 Å². The maximum atomic E-state index is 12.2. The lowest BCUT2D eigenvalue weighted by Gasteiger charge is -2.20. The van der Waals surface area contributed by atoms with Crippen LogP contribution in [0.15, 0.2) is 36.4 Å². The summed E-state index contributed by atoms with van der Waals surface area (Å²) in [5, 5.41) is 3.29. The van der Waals surface area contributed by atoms with Crippen LogP contribution in [0.1, 0.15) is 24.5 Å². The zero-order chi connectivity index (χ0) is 16.9. The molecule has 4 nitrogen and oxygen atoms in total. The first kappa shape index (κ1) is 16.7. The van der Waals surface area contributed by atoms with E-state index in [4.69, 9.17) is 21.1 Å². The average molecular weight is 346 g/mol. The summed E-state index contributed by atoms with van der Waals surface area (Å²) in [6.07, 6.45) is 2.11. The average Bonchev–Trinajstić information content (AvgIpc) is 2.61. The van der Waals surface area contributed by atoms with Gasteiger partial charge in [-0.15, -0.1) is 0 Å². The number of nitrogens with one attached hydrogen (secondary N) is 1. The second-order valence-electron chi connectivity index (χ2n) is 5.69. The highest BCUT2D eigenvalue weighted by Crippen LogP contribution is 2.37. The van der Waals surface area contributed by atoms with E-state index in [1.807, 2.05) is 0 Å². The van der Waals surface area contributed by atoms with Crippen LogP contribution in [0.2, 0.25) is 5.02 Å². The van der Waals surface area contributed by atoms with Crippen molar-refractivity contribution < 1.29 is 14.3 Å². The van der Waals surface area contributed by atoms with E-state index in [1.54, 1.807) is 12.1 Å². The van der Waals surface area contributed by atoms with Gasteiger partial charge in [0.2, 0.25) is 5.91 Å². The molecule has 1 aliphatic rings. The molecule has 126 valence electrons. The fourth-order valence-electron chi connectivity index (χ4n) is 2.57. The summed E-state index contributed by atoms with van der Waals surface area (Å²) in [5.74, 6) is 1.14. The van der Waals surface area contributed by atoms with Gasteiger partial charge in [-0.1, -0.05) is 42.8 Å². The Bertz CT molecular complexity index is 728. The van der Waals surface area contributed by atoms with Crippen LogP contribution < -0.4 is 14.8 Å². The second kappa shape index (κ2) is 7.58. The zero-order valence-electron chi connectivity index (χ0n) is 13.6. The molecule has 0 atom stereocenters. The van der Waals surface area contributed by atoms with Crippen molar-refractivity contribution in [3.8, 4) is 11.5 Å². The van der Waals surface area contributed by atoms with Crippen molar-refractivity contribution in [1.29, 1.82) is 0 Å². The van der Waals surface area contributed by atoms with Crippen molar-refractivity contribution in [2.75, 3.05) is 18.5 Å². The lowest BCUT2D eigenvalue weighted by atomic mass is 10.1. The Kier molecular flexibility index (Phi) is 5.26. The van der Waals surface area contributed by atoms with Crippen LogP contribution >= 0.6 is 11.6 Å². The molecule has 1 amide bonds. The largest absolute Gasteiger partial charge is 0.486 e. The minimum atomic E-state index is -0.0758. The molecule has 0 spiro atoms. The molecule has 2 aromatic rings. The predicted molar refractivity (Wildman–Crippen MR) is 95.2 cm³/mol. The van der Waals surface area contributed by atoms with Crippen molar-refractivity contribution in [3.63, 3.8) is 0 Å². The first-order chi connectivity index (χ1) is 11.7. The molecular weight excluding hydrogens is 326 g/mol. The van der Waals surface area contributed by atoms with E-state index in [0.717, 1.165) is 12.0 Å². The molecule has 0 aliphatic carbocycles. The van der Waals surface area contributed by atoms with Gasteiger partial charge in [0.25, 0.3) is 0 Å². The van der Waals surface area contributed by atoms with Crippen LogP contribution in [0.4, 0.5) is 5.69 Å². The third kappa shape index (κ3) is 4.01. The van der Waals surface area contributed by atoms with Gasteiger partial charge in [-0.2, -0.15) is 0 Å². The van der Waals surface area contributed by atoms with Crippen LogP contribution in [-0.4, -0.2) is 19.1 Å². The van der Waals surface area contributed by atoms with Crippen molar-refractivity contribution in [2.24, 2.45) is 0 Å². The van der Waals surface area contributed by atoms with Crippen molar-refractivity contribution in [1.82, 2.24) is 0 Å². The first-order valence-electron chi connectivity index (χ1n) is 8.12. The molecule has 1 N–H and O–H groups in total. The summed E-state index contributed by atoms with van der Waals surface area (Å²) in [7, 11) is 0. The molecule has 2 aromatic carbocycles. The fourth-order valence-corrected chi connectivity index (χ4v) is 2.77. The van der Waals surface area contributed by atoms with E-state index in [9.17, 15) is 4.79 Å². The molecule has 0 aromatic heterocycles. The highest BCUT2D eigenvalue weighted by Gasteiger charge is 2.16. The number of rotatable bonds is 5. The Balaban J connectivity index is 1.60. The monoisotopic (exact) mass is 345 g/mol. The molecule has 24 heavy (non-hydrogen) atoms. The smallest absolute Gasteiger partial charge is 0.224 e. The van der Waals surface area contributed by atoms with Crippen molar-refractivity contribution >= 4 is 23.2 Å². The lowest BCUT2D eigenvalue weighted by Crippen LogP contribution is -2.17. The molecule has 3 rings (SSSR count). The fraction of sp³-hybridized carbons (Fsp3) is 0.316. The molecule has 0 fully saturated rings. The summed E-state index contributed by atoms with van der Waals surface area (Å²) < 4.78 is 11.0. The Morgan fingerprint density at radius 2 is 1.71 bits per heavy atom. The van der Waals surface area contributed by atoms with E-state index >= 15 is 0 Å². The predicted octanol–water partition coefficient (Wildman–Crippen LogP) is 4.24. The number of ether oxygens (including phenoxy) is 2. The Hall–Kier alpha value is -2.20. The van der Waals surface area contributed by atoms with E-state index in [0.29, 0.717) is 48.3 Å². The highest BCUT2D eigenvalue weighted by atomic mass is 35.5. The second-order valence-corrected chi connectivity index (χ2v) is 6.10. The number of amides is 1. The van der Waals surface area contributed by atoms with Gasteiger partial charge in [-0.25, -0.2) is 0 Å². The highest BCUT2D eigenvalue weighted by molar-refractivity contribution is 6.34.